The molecule has 1 aliphatic heterocycles. The molecule has 2 rings (SSSR count). The number of aliphatic imine (C=N–C) groups is 1. The highest BCUT2D eigenvalue weighted by molar-refractivity contribution is 14.0. The van der Waals surface area contributed by atoms with Crippen molar-refractivity contribution in [3.63, 3.8) is 0 Å². The summed E-state index contributed by atoms with van der Waals surface area (Å²) in [6.07, 6.45) is -4.19. The van der Waals surface area contributed by atoms with Crippen LogP contribution in [0.15, 0.2) is 27.7 Å². The molecular formula is C17H25BrF3IN4O. The minimum absolute atomic E-state index is 0. The zero-order valence-corrected chi connectivity index (χ0v) is 19.4. The van der Waals surface area contributed by atoms with Gasteiger partial charge in [0.05, 0.1) is 11.6 Å². The lowest BCUT2D eigenvalue weighted by molar-refractivity contribution is -0.181. The summed E-state index contributed by atoms with van der Waals surface area (Å²) in [5.41, 5.74) is 1.04. The fourth-order valence-corrected chi connectivity index (χ4v) is 3.45. The third kappa shape index (κ3) is 6.67. The van der Waals surface area contributed by atoms with Crippen LogP contribution in [0, 0.1) is 0 Å². The highest BCUT2D eigenvalue weighted by atomic mass is 127. The number of hydrogen-bond acceptors (Lipinski definition) is 3. The van der Waals surface area contributed by atoms with Crippen LogP contribution in [0.25, 0.3) is 0 Å². The first-order valence-electron chi connectivity index (χ1n) is 8.35. The first-order valence-corrected chi connectivity index (χ1v) is 9.14. The summed E-state index contributed by atoms with van der Waals surface area (Å²) in [5.74, 6) is 1.45. The number of benzene rings is 1. The number of methoxy groups -OCH3 is 1. The molecule has 0 spiro atoms. The molecule has 154 valence electrons. The van der Waals surface area contributed by atoms with E-state index in [0.717, 1.165) is 15.8 Å². The van der Waals surface area contributed by atoms with Crippen molar-refractivity contribution in [3.8, 4) is 5.75 Å². The second-order valence-corrected chi connectivity index (χ2v) is 6.96. The Morgan fingerprint density at radius 1 is 1.30 bits per heavy atom. The molecule has 0 radical (unpaired) electrons. The average Bonchev–Trinajstić information content (AvgIpc) is 2.61. The van der Waals surface area contributed by atoms with E-state index in [-0.39, 0.29) is 24.0 Å². The number of nitrogens with zero attached hydrogens (tertiary/aromatic N) is 3. The monoisotopic (exact) mass is 564 g/mol. The third-order valence-electron chi connectivity index (χ3n) is 4.51. The predicted octanol–water partition coefficient (Wildman–Crippen LogP) is 3.72. The lowest BCUT2D eigenvalue weighted by atomic mass is 10.2. The molecule has 1 unspecified atom stereocenters. The SMILES string of the molecule is CN=C(NCc1ccc(OC)c(Br)c1)N1CCN(C(C)C(F)(F)F)CC1.I. The van der Waals surface area contributed by atoms with Gasteiger partial charge in [-0.1, -0.05) is 6.07 Å². The van der Waals surface area contributed by atoms with Gasteiger partial charge in [0.1, 0.15) is 11.8 Å². The number of halogens is 5. The fraction of sp³-hybridized carbons (Fsp3) is 0.588. The normalized spacial score (nSPS) is 17.3. The van der Waals surface area contributed by atoms with Crippen LogP contribution in [0.2, 0.25) is 0 Å². The Kier molecular flexibility index (Phi) is 9.63. The summed E-state index contributed by atoms with van der Waals surface area (Å²) >= 11 is 3.45. The highest BCUT2D eigenvalue weighted by Gasteiger charge is 2.41. The van der Waals surface area contributed by atoms with Crippen molar-refractivity contribution in [3.05, 3.63) is 28.2 Å². The number of alkyl halides is 3. The molecule has 1 fully saturated rings. The largest absolute Gasteiger partial charge is 0.496 e. The van der Waals surface area contributed by atoms with Crippen LogP contribution in [0.1, 0.15) is 12.5 Å². The minimum Gasteiger partial charge on any atom is -0.496 e. The lowest BCUT2D eigenvalue weighted by Crippen LogP contribution is -2.56. The molecule has 0 bridgehead atoms. The summed E-state index contributed by atoms with van der Waals surface area (Å²) in [7, 11) is 3.29. The fourth-order valence-electron chi connectivity index (χ4n) is 2.86. The van der Waals surface area contributed by atoms with Crippen molar-refractivity contribution in [1.29, 1.82) is 0 Å². The molecule has 1 aliphatic rings. The maximum atomic E-state index is 12.8. The first-order chi connectivity index (χ1) is 12.3. The Morgan fingerprint density at radius 3 is 2.41 bits per heavy atom. The Bertz CT molecular complexity index is 637. The highest BCUT2D eigenvalue weighted by Crippen LogP contribution is 2.26. The van der Waals surface area contributed by atoms with Crippen LogP contribution in [0.3, 0.4) is 0 Å². The summed E-state index contributed by atoms with van der Waals surface area (Å²) < 4.78 is 44.6. The Morgan fingerprint density at radius 2 is 1.93 bits per heavy atom. The molecule has 1 N–H and O–H groups in total. The standard InChI is InChI=1S/C17H24BrF3N4O.HI/c1-12(17(19,20)21)24-6-8-25(9-7-24)16(22-2)23-11-13-4-5-15(26-3)14(18)10-13;/h4-5,10,12H,6-9,11H2,1-3H3,(H,22,23);1H. The molecule has 1 heterocycles. The second kappa shape index (κ2) is 10.7. The first kappa shape index (κ1) is 24.3. The smallest absolute Gasteiger partial charge is 0.403 e. The average molecular weight is 565 g/mol. The van der Waals surface area contributed by atoms with Crippen molar-refractivity contribution < 1.29 is 17.9 Å². The van der Waals surface area contributed by atoms with E-state index >= 15 is 0 Å². The summed E-state index contributed by atoms with van der Waals surface area (Å²) in [5, 5.41) is 3.27. The van der Waals surface area contributed by atoms with Crippen molar-refractivity contribution in [2.24, 2.45) is 4.99 Å². The van der Waals surface area contributed by atoms with E-state index in [0.29, 0.717) is 38.7 Å². The minimum atomic E-state index is -4.19. The van der Waals surface area contributed by atoms with E-state index in [2.05, 4.69) is 26.2 Å². The lowest BCUT2D eigenvalue weighted by Gasteiger charge is -2.39. The molecule has 1 atom stereocenters. The van der Waals surface area contributed by atoms with E-state index in [9.17, 15) is 13.2 Å². The number of guanidine groups is 1. The van der Waals surface area contributed by atoms with Gasteiger partial charge in [0.25, 0.3) is 0 Å². The van der Waals surface area contributed by atoms with Gasteiger partial charge in [0.15, 0.2) is 5.96 Å². The van der Waals surface area contributed by atoms with Crippen LogP contribution in [-0.4, -0.2) is 68.3 Å². The zero-order chi connectivity index (χ0) is 19.3. The quantitative estimate of drug-likeness (QED) is 0.344. The molecular weight excluding hydrogens is 540 g/mol. The molecule has 10 heteroatoms. The molecule has 1 aromatic carbocycles. The van der Waals surface area contributed by atoms with Gasteiger partial charge >= 0.3 is 6.18 Å². The number of hydrogen-bond donors (Lipinski definition) is 1. The van der Waals surface area contributed by atoms with Crippen LogP contribution < -0.4 is 10.1 Å². The number of ether oxygens (including phenoxy) is 1. The van der Waals surface area contributed by atoms with Crippen molar-refractivity contribution in [2.45, 2.75) is 25.7 Å². The Labute approximate surface area is 183 Å². The molecule has 0 aliphatic carbocycles. The maximum absolute atomic E-state index is 12.8. The van der Waals surface area contributed by atoms with E-state index in [1.54, 1.807) is 14.2 Å². The maximum Gasteiger partial charge on any atom is 0.403 e. The molecule has 5 nitrogen and oxygen atoms in total. The predicted molar refractivity (Wildman–Crippen MR) is 115 cm³/mol. The van der Waals surface area contributed by atoms with Crippen LogP contribution >= 0.6 is 39.9 Å². The van der Waals surface area contributed by atoms with Crippen LogP contribution in [0.4, 0.5) is 13.2 Å². The van der Waals surface area contributed by atoms with E-state index in [1.165, 1.54) is 11.8 Å². The summed E-state index contributed by atoms with van der Waals surface area (Å²) in [4.78, 5) is 7.70. The molecule has 1 aromatic rings. The molecule has 27 heavy (non-hydrogen) atoms. The molecule has 0 aromatic heterocycles. The molecule has 0 saturated carbocycles. The Balaban J connectivity index is 0.00000364. The number of piperazine rings is 1. The van der Waals surface area contributed by atoms with E-state index in [1.807, 2.05) is 23.1 Å². The third-order valence-corrected chi connectivity index (χ3v) is 5.13. The second-order valence-electron chi connectivity index (χ2n) is 6.11. The van der Waals surface area contributed by atoms with Gasteiger partial charge in [-0.2, -0.15) is 13.2 Å². The van der Waals surface area contributed by atoms with E-state index in [4.69, 9.17) is 4.74 Å². The van der Waals surface area contributed by atoms with Gasteiger partial charge in [-0.15, -0.1) is 24.0 Å². The number of nitrogens with one attached hydrogen (secondary N) is 1. The zero-order valence-electron chi connectivity index (χ0n) is 15.5. The molecule has 0 amide bonds. The van der Waals surface area contributed by atoms with Gasteiger partial charge < -0.3 is 15.0 Å². The topological polar surface area (TPSA) is 40.1 Å². The van der Waals surface area contributed by atoms with Gasteiger partial charge in [-0.25, -0.2) is 0 Å². The van der Waals surface area contributed by atoms with Gasteiger partial charge in [0, 0.05) is 39.8 Å². The van der Waals surface area contributed by atoms with Gasteiger partial charge in [0.2, 0.25) is 0 Å². The van der Waals surface area contributed by atoms with Gasteiger partial charge in [-0.05, 0) is 40.5 Å². The summed E-state index contributed by atoms with van der Waals surface area (Å²) in [6, 6.07) is 4.37. The van der Waals surface area contributed by atoms with Crippen molar-refractivity contribution in [1.82, 2.24) is 15.1 Å². The van der Waals surface area contributed by atoms with Crippen LogP contribution in [-0.2, 0) is 6.54 Å². The molecule has 1 saturated heterocycles. The van der Waals surface area contributed by atoms with Crippen molar-refractivity contribution >= 4 is 45.9 Å². The van der Waals surface area contributed by atoms with E-state index < -0.39 is 12.2 Å². The Hall–Kier alpha value is -0.750. The van der Waals surface area contributed by atoms with Crippen LogP contribution in [0.5, 0.6) is 5.75 Å². The van der Waals surface area contributed by atoms with Gasteiger partial charge in [-0.3, -0.25) is 9.89 Å². The van der Waals surface area contributed by atoms with Crippen molar-refractivity contribution in [2.75, 3.05) is 40.3 Å². The number of rotatable bonds is 4. The summed E-state index contributed by atoms with van der Waals surface area (Å²) in [6.45, 7) is 3.50.